The van der Waals surface area contributed by atoms with Gasteiger partial charge >= 0.3 is 0 Å². The number of nitrogens with zero attached hydrogens (tertiary/aromatic N) is 2. The summed E-state index contributed by atoms with van der Waals surface area (Å²) in [4.78, 5) is 20.0. The van der Waals surface area contributed by atoms with Gasteiger partial charge in [-0.3, -0.25) is 4.79 Å². The molecule has 21 heavy (non-hydrogen) atoms. The molecular weight excluding hydrogens is 266 g/mol. The van der Waals surface area contributed by atoms with E-state index in [4.69, 9.17) is 0 Å². The van der Waals surface area contributed by atoms with Crippen LogP contribution < -0.4 is 16.0 Å². The van der Waals surface area contributed by atoms with Crippen LogP contribution in [0, 0.1) is 0 Å². The van der Waals surface area contributed by atoms with Gasteiger partial charge in [-0.25, -0.2) is 9.97 Å². The number of hydrogen-bond acceptors (Lipinski definition) is 5. The van der Waals surface area contributed by atoms with Gasteiger partial charge in [0.2, 0.25) is 5.91 Å². The summed E-state index contributed by atoms with van der Waals surface area (Å²) in [5, 5.41) is 9.70. The molecule has 3 N–H and O–H groups in total. The highest BCUT2D eigenvalue weighted by molar-refractivity contribution is 5.78. The van der Waals surface area contributed by atoms with Gasteiger partial charge in [0.25, 0.3) is 0 Å². The Balaban J connectivity index is 2.04. The number of aromatic nitrogens is 2. The van der Waals surface area contributed by atoms with Gasteiger partial charge in [0, 0.05) is 31.1 Å². The fraction of sp³-hybridized carbons (Fsp3) is 0.667. The van der Waals surface area contributed by atoms with E-state index in [1.54, 1.807) is 6.33 Å². The molecule has 1 saturated heterocycles. The average Bonchev–Trinajstić information content (AvgIpc) is 2.90. The largest absolute Gasteiger partial charge is 0.370 e. The molecule has 6 nitrogen and oxygen atoms in total. The van der Waals surface area contributed by atoms with Crippen LogP contribution in [0.1, 0.15) is 45.1 Å². The van der Waals surface area contributed by atoms with Crippen LogP contribution in [-0.4, -0.2) is 35.0 Å². The molecule has 1 amide bonds. The van der Waals surface area contributed by atoms with Gasteiger partial charge in [0.05, 0.1) is 0 Å². The molecule has 2 rings (SSSR count). The first kappa shape index (κ1) is 15.5. The average molecular weight is 291 g/mol. The number of anilines is 2. The van der Waals surface area contributed by atoms with Crippen molar-refractivity contribution in [1.29, 1.82) is 0 Å². The van der Waals surface area contributed by atoms with Crippen molar-refractivity contribution in [3.05, 3.63) is 11.9 Å². The number of rotatable bonds is 8. The Morgan fingerprint density at radius 1 is 1.24 bits per heavy atom. The maximum Gasteiger partial charge on any atom is 0.220 e. The summed E-state index contributed by atoms with van der Waals surface area (Å²) in [6, 6.07) is 0.203. The quantitative estimate of drug-likeness (QED) is 0.682. The van der Waals surface area contributed by atoms with E-state index in [1.807, 2.05) is 0 Å². The van der Waals surface area contributed by atoms with Gasteiger partial charge in [-0.2, -0.15) is 0 Å². The summed E-state index contributed by atoms with van der Waals surface area (Å²) >= 11 is 0. The Morgan fingerprint density at radius 3 is 2.62 bits per heavy atom. The second-order valence-corrected chi connectivity index (χ2v) is 5.41. The second kappa shape index (κ2) is 7.81. The van der Waals surface area contributed by atoms with Crippen molar-refractivity contribution in [3.63, 3.8) is 0 Å². The van der Waals surface area contributed by atoms with Gasteiger partial charge in [0.1, 0.15) is 18.0 Å². The Labute approximate surface area is 126 Å². The maximum absolute atomic E-state index is 11.2. The van der Waals surface area contributed by atoms with Gasteiger partial charge < -0.3 is 16.0 Å². The molecule has 2 heterocycles. The summed E-state index contributed by atoms with van der Waals surface area (Å²) in [5.74, 6) is 1.95. The van der Waals surface area contributed by atoms with E-state index in [-0.39, 0.29) is 11.9 Å². The number of nitrogens with one attached hydrogen (secondary N) is 3. The summed E-state index contributed by atoms with van der Waals surface area (Å²) in [5.41, 5.74) is 1.14. The van der Waals surface area contributed by atoms with Gasteiger partial charge in [0.15, 0.2) is 0 Å². The van der Waals surface area contributed by atoms with Crippen molar-refractivity contribution in [1.82, 2.24) is 15.3 Å². The molecule has 1 unspecified atom stereocenters. The number of carbonyl (C=O) groups excluding carboxylic acids is 1. The Hall–Kier alpha value is -1.85. The highest BCUT2D eigenvalue weighted by atomic mass is 16.1. The minimum absolute atomic E-state index is 0.142. The predicted molar refractivity (Wildman–Crippen MR) is 84.5 cm³/mol. The fourth-order valence-corrected chi connectivity index (χ4v) is 2.50. The lowest BCUT2D eigenvalue weighted by Gasteiger charge is -2.17. The number of carbonyl (C=O) groups is 1. The summed E-state index contributed by atoms with van der Waals surface area (Å²) in [6.45, 7) is 5.91. The van der Waals surface area contributed by atoms with E-state index in [2.05, 4.69) is 39.8 Å². The van der Waals surface area contributed by atoms with E-state index in [1.165, 1.54) is 0 Å². The number of amides is 1. The van der Waals surface area contributed by atoms with E-state index >= 15 is 0 Å². The lowest BCUT2D eigenvalue weighted by molar-refractivity contribution is -0.119. The minimum Gasteiger partial charge on any atom is -0.370 e. The fourth-order valence-electron chi connectivity index (χ4n) is 2.50. The van der Waals surface area contributed by atoms with Crippen molar-refractivity contribution in [2.24, 2.45) is 0 Å². The molecule has 6 heteroatoms. The highest BCUT2D eigenvalue weighted by Crippen LogP contribution is 2.22. The number of hydrogen-bond donors (Lipinski definition) is 3. The normalized spacial score (nSPS) is 17.6. The molecule has 0 saturated carbocycles. The molecule has 0 aromatic carbocycles. The highest BCUT2D eigenvalue weighted by Gasteiger charge is 2.21. The van der Waals surface area contributed by atoms with Crippen LogP contribution in [0.15, 0.2) is 6.33 Å². The zero-order valence-electron chi connectivity index (χ0n) is 12.9. The third-order valence-corrected chi connectivity index (χ3v) is 3.59. The maximum atomic E-state index is 11.2. The van der Waals surface area contributed by atoms with E-state index < -0.39 is 0 Å². The zero-order valence-corrected chi connectivity index (χ0v) is 12.9. The SMILES string of the molecule is CCCNc1ncnc(NCC2CCC(=O)N2)c1CCC. The van der Waals surface area contributed by atoms with Crippen LogP contribution in [0.2, 0.25) is 0 Å². The third-order valence-electron chi connectivity index (χ3n) is 3.59. The third kappa shape index (κ3) is 4.31. The monoisotopic (exact) mass is 291 g/mol. The Kier molecular flexibility index (Phi) is 5.78. The van der Waals surface area contributed by atoms with E-state index in [9.17, 15) is 4.79 Å². The van der Waals surface area contributed by atoms with Crippen molar-refractivity contribution < 1.29 is 4.79 Å². The van der Waals surface area contributed by atoms with Crippen LogP contribution in [0.5, 0.6) is 0 Å². The van der Waals surface area contributed by atoms with Gasteiger partial charge in [-0.15, -0.1) is 0 Å². The molecule has 1 atom stereocenters. The zero-order chi connectivity index (χ0) is 15.1. The predicted octanol–water partition coefficient (Wildman–Crippen LogP) is 1.94. The molecule has 1 aliphatic rings. The Morgan fingerprint density at radius 2 is 2.00 bits per heavy atom. The Bertz CT molecular complexity index is 477. The molecule has 1 aliphatic heterocycles. The van der Waals surface area contributed by atoms with Crippen molar-refractivity contribution in [3.8, 4) is 0 Å². The summed E-state index contributed by atoms with van der Waals surface area (Å²) < 4.78 is 0. The smallest absolute Gasteiger partial charge is 0.220 e. The molecule has 0 aliphatic carbocycles. The lowest BCUT2D eigenvalue weighted by atomic mass is 10.1. The van der Waals surface area contributed by atoms with Crippen LogP contribution in [-0.2, 0) is 11.2 Å². The molecular formula is C15H25N5O. The van der Waals surface area contributed by atoms with Crippen molar-refractivity contribution >= 4 is 17.5 Å². The molecule has 0 radical (unpaired) electrons. The first-order valence-corrected chi connectivity index (χ1v) is 7.85. The van der Waals surface area contributed by atoms with Crippen molar-refractivity contribution in [2.45, 2.75) is 52.0 Å². The molecule has 1 aromatic heterocycles. The molecule has 1 fully saturated rings. The van der Waals surface area contributed by atoms with Crippen LogP contribution in [0.4, 0.5) is 11.6 Å². The van der Waals surface area contributed by atoms with Crippen LogP contribution in [0.25, 0.3) is 0 Å². The molecule has 0 spiro atoms. The minimum atomic E-state index is 0.142. The van der Waals surface area contributed by atoms with Gasteiger partial charge in [-0.1, -0.05) is 20.3 Å². The molecule has 116 valence electrons. The summed E-state index contributed by atoms with van der Waals surface area (Å²) in [7, 11) is 0. The standard InChI is InChI=1S/C15H25N5O/c1-3-5-12-14(16-8-4-2)18-10-19-15(12)17-9-11-6-7-13(21)20-11/h10-11H,3-9H2,1-2H3,(H,20,21)(H2,16,17,18,19). The molecule has 0 bridgehead atoms. The van der Waals surface area contributed by atoms with E-state index in [0.29, 0.717) is 13.0 Å². The van der Waals surface area contributed by atoms with E-state index in [0.717, 1.165) is 49.4 Å². The topological polar surface area (TPSA) is 78.9 Å². The van der Waals surface area contributed by atoms with Crippen LogP contribution in [0.3, 0.4) is 0 Å². The van der Waals surface area contributed by atoms with Crippen molar-refractivity contribution in [2.75, 3.05) is 23.7 Å². The second-order valence-electron chi connectivity index (χ2n) is 5.41. The first-order valence-electron chi connectivity index (χ1n) is 7.85. The molecule has 1 aromatic rings. The van der Waals surface area contributed by atoms with Crippen LogP contribution >= 0.6 is 0 Å². The first-order chi connectivity index (χ1) is 10.2. The summed E-state index contributed by atoms with van der Waals surface area (Å²) in [6.07, 6.45) is 6.15. The van der Waals surface area contributed by atoms with Gasteiger partial charge in [-0.05, 0) is 19.3 Å². The lowest BCUT2D eigenvalue weighted by Crippen LogP contribution is -2.32.